The fourth-order valence-electron chi connectivity index (χ4n) is 4.01. The first-order valence-corrected chi connectivity index (χ1v) is 11.2. The lowest BCUT2D eigenvalue weighted by molar-refractivity contribution is 0.297. The smallest absolute Gasteiger partial charge is 0.191 e. The predicted molar refractivity (Wildman–Crippen MR) is 119 cm³/mol. The number of thiazole rings is 1. The summed E-state index contributed by atoms with van der Waals surface area (Å²) >= 11 is 1.71. The standard InChI is InChI=1S/C22H33N5S/c1-17(19-9-5-4-6-10-19)27-22(12-7-8-13-22)16-25-21(23-3)24-14-11-20-15-28-18(2)26-20/h4-6,9-10,15,17,27H,7-8,11-14,16H2,1-3H3,(H2,23,24,25). The Kier molecular flexibility index (Phi) is 7.45. The first-order valence-electron chi connectivity index (χ1n) is 10.3. The van der Waals surface area contributed by atoms with Crippen LogP contribution >= 0.6 is 11.3 Å². The molecule has 1 aliphatic carbocycles. The van der Waals surface area contributed by atoms with E-state index in [1.165, 1.54) is 31.2 Å². The van der Waals surface area contributed by atoms with E-state index >= 15 is 0 Å². The Balaban J connectivity index is 1.51. The molecule has 1 aromatic carbocycles. The minimum atomic E-state index is 0.124. The SMILES string of the molecule is CN=C(NCCc1csc(C)n1)NCC1(NC(C)c2ccccc2)CCCC1. The average molecular weight is 400 g/mol. The Hall–Kier alpha value is -1.92. The van der Waals surface area contributed by atoms with Gasteiger partial charge in [-0.1, -0.05) is 43.2 Å². The van der Waals surface area contributed by atoms with Crippen LogP contribution in [0.3, 0.4) is 0 Å². The molecule has 6 heteroatoms. The van der Waals surface area contributed by atoms with Crippen molar-refractivity contribution in [2.24, 2.45) is 4.99 Å². The molecule has 3 rings (SSSR count). The molecule has 2 aromatic rings. The number of nitrogens with zero attached hydrogens (tertiary/aromatic N) is 2. The van der Waals surface area contributed by atoms with E-state index in [4.69, 9.17) is 0 Å². The van der Waals surface area contributed by atoms with Gasteiger partial charge in [0.25, 0.3) is 0 Å². The van der Waals surface area contributed by atoms with Crippen molar-refractivity contribution >= 4 is 17.3 Å². The lowest BCUT2D eigenvalue weighted by atomic mass is 9.94. The highest BCUT2D eigenvalue weighted by molar-refractivity contribution is 7.09. The Morgan fingerprint density at radius 2 is 1.96 bits per heavy atom. The van der Waals surface area contributed by atoms with Crippen LogP contribution in [0, 0.1) is 6.92 Å². The molecule has 1 atom stereocenters. The van der Waals surface area contributed by atoms with E-state index in [9.17, 15) is 0 Å². The van der Waals surface area contributed by atoms with Crippen molar-refractivity contribution in [3.63, 3.8) is 0 Å². The van der Waals surface area contributed by atoms with Gasteiger partial charge in [-0.05, 0) is 32.3 Å². The van der Waals surface area contributed by atoms with Gasteiger partial charge in [-0.2, -0.15) is 0 Å². The summed E-state index contributed by atoms with van der Waals surface area (Å²) in [6.45, 7) is 6.04. The second-order valence-corrected chi connectivity index (χ2v) is 8.79. The Morgan fingerprint density at radius 3 is 2.61 bits per heavy atom. The summed E-state index contributed by atoms with van der Waals surface area (Å²) in [7, 11) is 1.84. The Morgan fingerprint density at radius 1 is 1.21 bits per heavy atom. The quantitative estimate of drug-likeness (QED) is 0.466. The second kappa shape index (κ2) is 10.0. The molecular formula is C22H33N5S. The first-order chi connectivity index (χ1) is 13.6. The minimum Gasteiger partial charge on any atom is -0.356 e. The predicted octanol–water partition coefficient (Wildman–Crippen LogP) is 3.82. The maximum absolute atomic E-state index is 4.52. The molecule has 0 radical (unpaired) electrons. The number of aryl methyl sites for hydroxylation is 1. The number of nitrogens with one attached hydrogen (secondary N) is 3. The topological polar surface area (TPSA) is 61.3 Å². The van der Waals surface area contributed by atoms with Crippen LogP contribution in [0.25, 0.3) is 0 Å². The van der Waals surface area contributed by atoms with Crippen molar-refractivity contribution in [1.29, 1.82) is 0 Å². The summed E-state index contributed by atoms with van der Waals surface area (Å²) in [5.41, 5.74) is 2.62. The molecule has 1 fully saturated rings. The van der Waals surface area contributed by atoms with Gasteiger partial charge in [0.1, 0.15) is 0 Å². The van der Waals surface area contributed by atoms with Crippen LogP contribution in [0.1, 0.15) is 54.9 Å². The summed E-state index contributed by atoms with van der Waals surface area (Å²) in [5.74, 6) is 0.868. The molecule has 152 valence electrons. The molecular weight excluding hydrogens is 366 g/mol. The molecule has 0 bridgehead atoms. The fourth-order valence-corrected chi connectivity index (χ4v) is 4.66. The molecule has 3 N–H and O–H groups in total. The molecule has 1 aliphatic rings. The lowest BCUT2D eigenvalue weighted by Crippen LogP contribution is -2.54. The van der Waals surface area contributed by atoms with E-state index in [0.29, 0.717) is 6.04 Å². The zero-order valence-corrected chi connectivity index (χ0v) is 18.1. The van der Waals surface area contributed by atoms with Crippen LogP contribution in [0.4, 0.5) is 0 Å². The monoisotopic (exact) mass is 399 g/mol. The molecule has 28 heavy (non-hydrogen) atoms. The third-order valence-electron chi connectivity index (χ3n) is 5.54. The summed E-state index contributed by atoms with van der Waals surface area (Å²) in [4.78, 5) is 8.93. The second-order valence-electron chi connectivity index (χ2n) is 7.72. The minimum absolute atomic E-state index is 0.124. The van der Waals surface area contributed by atoms with Gasteiger partial charge in [0.15, 0.2) is 5.96 Å². The van der Waals surface area contributed by atoms with Crippen molar-refractivity contribution in [2.45, 2.75) is 57.5 Å². The van der Waals surface area contributed by atoms with Crippen molar-refractivity contribution in [2.75, 3.05) is 20.1 Å². The van der Waals surface area contributed by atoms with E-state index in [1.54, 1.807) is 11.3 Å². The van der Waals surface area contributed by atoms with Gasteiger partial charge in [0.2, 0.25) is 0 Å². The molecule has 1 unspecified atom stereocenters. The zero-order valence-electron chi connectivity index (χ0n) is 17.3. The third kappa shape index (κ3) is 5.79. The highest BCUT2D eigenvalue weighted by Gasteiger charge is 2.35. The lowest BCUT2D eigenvalue weighted by Gasteiger charge is -2.35. The van der Waals surface area contributed by atoms with Crippen molar-refractivity contribution in [3.8, 4) is 0 Å². The van der Waals surface area contributed by atoms with E-state index in [2.05, 4.69) is 68.6 Å². The van der Waals surface area contributed by atoms with Gasteiger partial charge in [-0.25, -0.2) is 4.98 Å². The number of hydrogen-bond donors (Lipinski definition) is 3. The van der Waals surface area contributed by atoms with E-state index < -0.39 is 0 Å². The number of benzene rings is 1. The molecule has 1 aromatic heterocycles. The highest BCUT2D eigenvalue weighted by atomic mass is 32.1. The van der Waals surface area contributed by atoms with Crippen molar-refractivity contribution in [3.05, 3.63) is 52.0 Å². The van der Waals surface area contributed by atoms with Crippen LogP contribution in [0.5, 0.6) is 0 Å². The molecule has 0 saturated heterocycles. The van der Waals surface area contributed by atoms with Crippen LogP contribution in [-0.2, 0) is 6.42 Å². The van der Waals surface area contributed by atoms with Crippen LogP contribution in [-0.4, -0.2) is 36.6 Å². The number of guanidine groups is 1. The molecule has 0 amide bonds. The number of hydrogen-bond acceptors (Lipinski definition) is 4. The maximum atomic E-state index is 4.52. The van der Waals surface area contributed by atoms with Gasteiger partial charge < -0.3 is 16.0 Å². The van der Waals surface area contributed by atoms with Crippen LogP contribution in [0.2, 0.25) is 0 Å². The molecule has 0 spiro atoms. The summed E-state index contributed by atoms with van der Waals surface area (Å²) in [5, 5.41) is 14.2. The van der Waals surface area contributed by atoms with E-state index in [1.807, 2.05) is 14.0 Å². The summed E-state index contributed by atoms with van der Waals surface area (Å²) in [6, 6.07) is 11.0. The highest BCUT2D eigenvalue weighted by Crippen LogP contribution is 2.31. The van der Waals surface area contributed by atoms with Crippen molar-refractivity contribution < 1.29 is 0 Å². The number of aromatic nitrogens is 1. The van der Waals surface area contributed by atoms with E-state index in [-0.39, 0.29) is 5.54 Å². The largest absolute Gasteiger partial charge is 0.356 e. The zero-order chi connectivity index (χ0) is 19.8. The normalized spacial score (nSPS) is 17.5. The van der Waals surface area contributed by atoms with Gasteiger partial charge in [0, 0.05) is 43.5 Å². The third-order valence-corrected chi connectivity index (χ3v) is 6.36. The van der Waals surface area contributed by atoms with Gasteiger partial charge in [0.05, 0.1) is 10.7 Å². The average Bonchev–Trinajstić information content (AvgIpc) is 3.34. The van der Waals surface area contributed by atoms with Crippen LogP contribution in [0.15, 0.2) is 40.7 Å². The molecule has 1 heterocycles. The first kappa shape index (κ1) is 20.8. The number of aliphatic imine (C=N–C) groups is 1. The fraction of sp³-hybridized carbons (Fsp3) is 0.545. The van der Waals surface area contributed by atoms with Crippen LogP contribution < -0.4 is 16.0 Å². The van der Waals surface area contributed by atoms with Gasteiger partial charge in [-0.15, -0.1) is 11.3 Å². The molecule has 5 nitrogen and oxygen atoms in total. The summed E-state index contributed by atoms with van der Waals surface area (Å²) < 4.78 is 0. The number of rotatable bonds is 8. The van der Waals surface area contributed by atoms with E-state index in [0.717, 1.165) is 36.2 Å². The Labute approximate surface area is 173 Å². The van der Waals surface area contributed by atoms with Gasteiger partial charge in [-0.3, -0.25) is 4.99 Å². The Bertz CT molecular complexity index is 749. The maximum Gasteiger partial charge on any atom is 0.191 e. The molecule has 0 aliphatic heterocycles. The molecule has 1 saturated carbocycles. The van der Waals surface area contributed by atoms with Gasteiger partial charge >= 0.3 is 0 Å². The summed E-state index contributed by atoms with van der Waals surface area (Å²) in [6.07, 6.45) is 5.88. The van der Waals surface area contributed by atoms with Crippen molar-refractivity contribution in [1.82, 2.24) is 20.9 Å².